The average molecular weight is 226 g/mol. The molecule has 1 atom stereocenters. The van der Waals surface area contributed by atoms with Gasteiger partial charge in [0, 0.05) is 12.6 Å². The molecule has 1 aliphatic carbocycles. The van der Waals surface area contributed by atoms with E-state index in [1.165, 1.54) is 51.5 Å². The third kappa shape index (κ3) is 3.74. The molecule has 0 aromatic heterocycles. The van der Waals surface area contributed by atoms with Crippen molar-refractivity contribution in [2.45, 2.75) is 64.8 Å². The Balaban J connectivity index is 2.48. The summed E-state index contributed by atoms with van der Waals surface area (Å²) in [6, 6.07) is 0.704. The van der Waals surface area contributed by atoms with Crippen LogP contribution >= 0.6 is 0 Å². The molecule has 1 unspecified atom stereocenters. The molecule has 0 amide bonds. The molecule has 2 nitrogen and oxygen atoms in total. The molecule has 0 bridgehead atoms. The molecular formula is C14H30N2. The van der Waals surface area contributed by atoms with Crippen molar-refractivity contribution in [2.75, 3.05) is 20.1 Å². The quantitative estimate of drug-likeness (QED) is 0.754. The first-order valence-electron chi connectivity index (χ1n) is 7.04. The summed E-state index contributed by atoms with van der Waals surface area (Å²) in [5, 5.41) is 0. The fourth-order valence-electron chi connectivity index (χ4n) is 3.05. The fraction of sp³-hybridized carbons (Fsp3) is 1.00. The van der Waals surface area contributed by atoms with E-state index >= 15 is 0 Å². The van der Waals surface area contributed by atoms with Crippen molar-refractivity contribution in [3.05, 3.63) is 0 Å². The summed E-state index contributed by atoms with van der Waals surface area (Å²) in [6.45, 7) is 6.68. The minimum atomic E-state index is 0.426. The zero-order valence-corrected chi connectivity index (χ0v) is 11.5. The molecule has 1 saturated carbocycles. The number of nitrogens with two attached hydrogens (primary N) is 1. The van der Waals surface area contributed by atoms with E-state index in [9.17, 15) is 0 Å². The summed E-state index contributed by atoms with van der Waals surface area (Å²) in [5.74, 6) is 0. The van der Waals surface area contributed by atoms with Crippen LogP contribution in [0, 0.1) is 5.41 Å². The molecule has 1 rings (SSSR count). The Morgan fingerprint density at radius 2 is 1.88 bits per heavy atom. The van der Waals surface area contributed by atoms with Gasteiger partial charge in [0.15, 0.2) is 0 Å². The van der Waals surface area contributed by atoms with Crippen molar-refractivity contribution in [3.8, 4) is 0 Å². The number of hydrogen-bond donors (Lipinski definition) is 1. The Bertz CT molecular complexity index is 185. The molecule has 0 aliphatic heterocycles. The van der Waals surface area contributed by atoms with Gasteiger partial charge in [-0.3, -0.25) is 0 Å². The maximum absolute atomic E-state index is 6.03. The van der Waals surface area contributed by atoms with Crippen molar-refractivity contribution in [2.24, 2.45) is 11.1 Å². The molecule has 1 aliphatic rings. The van der Waals surface area contributed by atoms with Gasteiger partial charge in [-0.1, -0.05) is 32.6 Å². The molecular weight excluding hydrogens is 196 g/mol. The van der Waals surface area contributed by atoms with Crippen LogP contribution in [-0.2, 0) is 0 Å². The fourth-order valence-corrected chi connectivity index (χ4v) is 3.05. The summed E-state index contributed by atoms with van der Waals surface area (Å²) < 4.78 is 0. The standard InChI is InChI=1S/C14H30N2/c1-4-8-13(2)16(3)12-14(11-15)9-6-5-7-10-14/h13H,4-12,15H2,1-3H3. The van der Waals surface area contributed by atoms with E-state index in [0.29, 0.717) is 11.5 Å². The second-order valence-electron chi connectivity index (χ2n) is 5.82. The van der Waals surface area contributed by atoms with Gasteiger partial charge in [0.1, 0.15) is 0 Å². The Hall–Kier alpha value is -0.0800. The summed E-state index contributed by atoms with van der Waals surface area (Å²) in [4.78, 5) is 2.53. The predicted octanol–water partition coefficient (Wildman–Crippen LogP) is 3.02. The van der Waals surface area contributed by atoms with Crippen molar-refractivity contribution in [3.63, 3.8) is 0 Å². The van der Waals surface area contributed by atoms with Crippen molar-refractivity contribution < 1.29 is 0 Å². The van der Waals surface area contributed by atoms with Gasteiger partial charge < -0.3 is 10.6 Å². The maximum atomic E-state index is 6.03. The van der Waals surface area contributed by atoms with Crippen LogP contribution in [0.1, 0.15) is 58.8 Å². The molecule has 0 aromatic rings. The Kier molecular flexibility index (Phi) is 5.77. The van der Waals surface area contributed by atoms with Crippen LogP contribution in [0.3, 0.4) is 0 Å². The summed E-state index contributed by atoms with van der Waals surface area (Å²) in [5.41, 5.74) is 6.46. The van der Waals surface area contributed by atoms with E-state index in [4.69, 9.17) is 5.73 Å². The molecule has 0 aromatic carbocycles. The van der Waals surface area contributed by atoms with Crippen molar-refractivity contribution in [1.82, 2.24) is 4.90 Å². The Labute approximate surface area is 102 Å². The van der Waals surface area contributed by atoms with E-state index in [2.05, 4.69) is 25.8 Å². The Morgan fingerprint density at radius 3 is 2.38 bits per heavy atom. The molecule has 96 valence electrons. The average Bonchev–Trinajstić information content (AvgIpc) is 2.30. The monoisotopic (exact) mass is 226 g/mol. The highest BCUT2D eigenvalue weighted by Gasteiger charge is 2.32. The predicted molar refractivity (Wildman–Crippen MR) is 71.6 cm³/mol. The SMILES string of the molecule is CCCC(C)N(C)CC1(CN)CCCCC1. The van der Waals surface area contributed by atoms with Gasteiger partial charge in [0.05, 0.1) is 0 Å². The summed E-state index contributed by atoms with van der Waals surface area (Å²) in [7, 11) is 2.27. The molecule has 2 N–H and O–H groups in total. The molecule has 0 spiro atoms. The molecule has 0 saturated heterocycles. The van der Waals surface area contributed by atoms with Gasteiger partial charge in [-0.05, 0) is 45.2 Å². The first-order chi connectivity index (χ1) is 7.63. The lowest BCUT2D eigenvalue weighted by molar-refractivity contribution is 0.103. The highest BCUT2D eigenvalue weighted by atomic mass is 15.1. The maximum Gasteiger partial charge on any atom is 0.00640 e. The second-order valence-corrected chi connectivity index (χ2v) is 5.82. The van der Waals surface area contributed by atoms with E-state index < -0.39 is 0 Å². The summed E-state index contributed by atoms with van der Waals surface area (Å²) >= 11 is 0. The van der Waals surface area contributed by atoms with E-state index in [1.807, 2.05) is 0 Å². The normalized spacial score (nSPS) is 22.3. The highest BCUT2D eigenvalue weighted by Crippen LogP contribution is 2.36. The smallest absolute Gasteiger partial charge is 0.00640 e. The van der Waals surface area contributed by atoms with Crippen LogP contribution in [0.15, 0.2) is 0 Å². The van der Waals surface area contributed by atoms with E-state index in [1.54, 1.807) is 0 Å². The van der Waals surface area contributed by atoms with E-state index in [-0.39, 0.29) is 0 Å². The van der Waals surface area contributed by atoms with Crippen LogP contribution in [-0.4, -0.2) is 31.1 Å². The van der Waals surface area contributed by atoms with Gasteiger partial charge in [-0.15, -0.1) is 0 Å². The number of hydrogen-bond acceptors (Lipinski definition) is 2. The molecule has 2 heteroatoms. The molecule has 16 heavy (non-hydrogen) atoms. The van der Waals surface area contributed by atoms with Crippen LogP contribution in [0.2, 0.25) is 0 Å². The molecule has 1 fully saturated rings. The largest absolute Gasteiger partial charge is 0.330 e. The van der Waals surface area contributed by atoms with Crippen LogP contribution in [0.25, 0.3) is 0 Å². The lowest BCUT2D eigenvalue weighted by Crippen LogP contribution is -2.45. The summed E-state index contributed by atoms with van der Waals surface area (Å²) in [6.07, 6.45) is 9.44. The molecule has 0 heterocycles. The zero-order chi connectivity index (χ0) is 12.0. The van der Waals surface area contributed by atoms with Gasteiger partial charge in [-0.2, -0.15) is 0 Å². The lowest BCUT2D eigenvalue weighted by atomic mass is 9.73. The first kappa shape index (κ1) is 14.0. The second kappa shape index (κ2) is 6.61. The van der Waals surface area contributed by atoms with Crippen LogP contribution < -0.4 is 5.73 Å². The van der Waals surface area contributed by atoms with Crippen molar-refractivity contribution in [1.29, 1.82) is 0 Å². The Morgan fingerprint density at radius 1 is 1.25 bits per heavy atom. The zero-order valence-electron chi connectivity index (χ0n) is 11.5. The van der Waals surface area contributed by atoms with E-state index in [0.717, 1.165) is 6.54 Å². The van der Waals surface area contributed by atoms with Gasteiger partial charge in [0.2, 0.25) is 0 Å². The van der Waals surface area contributed by atoms with Crippen molar-refractivity contribution >= 4 is 0 Å². The van der Waals surface area contributed by atoms with Gasteiger partial charge in [0.25, 0.3) is 0 Å². The topological polar surface area (TPSA) is 29.3 Å². The number of rotatable bonds is 6. The minimum Gasteiger partial charge on any atom is -0.330 e. The highest BCUT2D eigenvalue weighted by molar-refractivity contribution is 4.87. The van der Waals surface area contributed by atoms with Crippen LogP contribution in [0.5, 0.6) is 0 Å². The third-order valence-corrected chi connectivity index (χ3v) is 4.39. The van der Waals surface area contributed by atoms with Crippen LogP contribution in [0.4, 0.5) is 0 Å². The number of nitrogens with zero attached hydrogens (tertiary/aromatic N) is 1. The van der Waals surface area contributed by atoms with Gasteiger partial charge in [-0.25, -0.2) is 0 Å². The lowest BCUT2D eigenvalue weighted by Gasteiger charge is -2.41. The minimum absolute atomic E-state index is 0.426. The molecule has 0 radical (unpaired) electrons. The van der Waals surface area contributed by atoms with Gasteiger partial charge >= 0.3 is 0 Å². The first-order valence-corrected chi connectivity index (χ1v) is 7.04. The third-order valence-electron chi connectivity index (χ3n) is 4.39.